The molecule has 5 nitrogen and oxygen atoms in total. The van der Waals surface area contributed by atoms with Crippen LogP contribution in [-0.2, 0) is 14.3 Å². The van der Waals surface area contributed by atoms with Crippen molar-refractivity contribution in [1.29, 1.82) is 0 Å². The van der Waals surface area contributed by atoms with Crippen molar-refractivity contribution in [3.8, 4) is 0 Å². The van der Waals surface area contributed by atoms with E-state index in [-0.39, 0.29) is 23.8 Å². The minimum absolute atomic E-state index is 0.0151. The third-order valence-corrected chi connectivity index (χ3v) is 3.92. The summed E-state index contributed by atoms with van der Waals surface area (Å²) >= 11 is 0. The van der Waals surface area contributed by atoms with E-state index in [0.717, 1.165) is 19.3 Å². The number of hydrogen-bond acceptors (Lipinski definition) is 3. The summed E-state index contributed by atoms with van der Waals surface area (Å²) in [6.07, 6.45) is 3.13. The number of hydrogen-bond donors (Lipinski definition) is 1. The molecule has 0 spiro atoms. The van der Waals surface area contributed by atoms with Crippen LogP contribution < -0.4 is 0 Å². The van der Waals surface area contributed by atoms with Gasteiger partial charge in [-0.25, -0.2) is 0 Å². The van der Waals surface area contributed by atoms with E-state index in [9.17, 15) is 9.59 Å². The second-order valence-electron chi connectivity index (χ2n) is 5.36. The number of rotatable bonds is 2. The third kappa shape index (κ3) is 3.02. The molecule has 2 fully saturated rings. The van der Waals surface area contributed by atoms with Gasteiger partial charge in [0, 0.05) is 25.6 Å². The lowest BCUT2D eigenvalue weighted by Gasteiger charge is -2.35. The second kappa shape index (κ2) is 5.69. The summed E-state index contributed by atoms with van der Waals surface area (Å²) in [6, 6.07) is 0. The zero-order chi connectivity index (χ0) is 13.1. The first-order valence-corrected chi connectivity index (χ1v) is 6.71. The van der Waals surface area contributed by atoms with Gasteiger partial charge in [0.2, 0.25) is 5.91 Å². The number of ether oxygens (including phenoxy) is 1. The normalized spacial score (nSPS) is 33.2. The molecule has 2 rings (SSSR count). The van der Waals surface area contributed by atoms with Gasteiger partial charge in [0.05, 0.1) is 12.0 Å². The maximum absolute atomic E-state index is 12.3. The van der Waals surface area contributed by atoms with E-state index in [4.69, 9.17) is 9.84 Å². The molecule has 2 aliphatic heterocycles. The predicted octanol–water partition coefficient (Wildman–Crippen LogP) is 1.12. The summed E-state index contributed by atoms with van der Waals surface area (Å²) < 4.78 is 5.44. The number of carboxylic acids is 1. The highest BCUT2D eigenvalue weighted by molar-refractivity contribution is 5.80. The van der Waals surface area contributed by atoms with E-state index in [1.54, 1.807) is 4.90 Å². The van der Waals surface area contributed by atoms with E-state index in [0.29, 0.717) is 26.1 Å². The molecule has 3 atom stereocenters. The highest BCUT2D eigenvalue weighted by atomic mass is 16.5. The quantitative estimate of drug-likeness (QED) is 0.803. The monoisotopic (exact) mass is 255 g/mol. The Bertz CT molecular complexity index is 331. The lowest BCUT2D eigenvalue weighted by atomic mass is 9.92. The Morgan fingerprint density at radius 2 is 2.06 bits per heavy atom. The van der Waals surface area contributed by atoms with Crippen LogP contribution in [0.2, 0.25) is 0 Å². The number of likely N-dealkylation sites (tertiary alicyclic amines) is 1. The molecule has 0 saturated carbocycles. The molecule has 0 aromatic rings. The van der Waals surface area contributed by atoms with Gasteiger partial charge in [0.25, 0.3) is 0 Å². The van der Waals surface area contributed by atoms with Crippen molar-refractivity contribution in [2.75, 3.05) is 19.7 Å². The number of carbonyl (C=O) groups is 2. The number of carbonyl (C=O) groups excluding carboxylic acids is 1. The van der Waals surface area contributed by atoms with Crippen LogP contribution >= 0.6 is 0 Å². The second-order valence-corrected chi connectivity index (χ2v) is 5.36. The standard InChI is InChI=1S/C13H21NO4/c1-9-7-10(4-6-18-9)12(15)14-5-2-3-11(8-14)13(16)17/h9-11H,2-8H2,1H3,(H,16,17)/t9?,10?,11-/m0/s1. The largest absolute Gasteiger partial charge is 0.481 e. The molecule has 0 aliphatic carbocycles. The minimum Gasteiger partial charge on any atom is -0.481 e. The fourth-order valence-corrected chi connectivity index (χ4v) is 2.86. The number of aliphatic carboxylic acids is 1. The van der Waals surface area contributed by atoms with Crippen molar-refractivity contribution in [3.05, 3.63) is 0 Å². The summed E-state index contributed by atoms with van der Waals surface area (Å²) in [7, 11) is 0. The molecule has 5 heteroatoms. The Morgan fingerprint density at radius 3 is 2.72 bits per heavy atom. The van der Waals surface area contributed by atoms with Crippen molar-refractivity contribution >= 4 is 11.9 Å². The van der Waals surface area contributed by atoms with Crippen molar-refractivity contribution in [2.24, 2.45) is 11.8 Å². The first-order chi connectivity index (χ1) is 8.58. The maximum atomic E-state index is 12.3. The van der Waals surface area contributed by atoms with Crippen LogP contribution in [0.25, 0.3) is 0 Å². The third-order valence-electron chi connectivity index (χ3n) is 3.92. The van der Waals surface area contributed by atoms with Gasteiger partial charge in [0.15, 0.2) is 0 Å². The van der Waals surface area contributed by atoms with Gasteiger partial charge in [-0.2, -0.15) is 0 Å². The molecular weight excluding hydrogens is 234 g/mol. The van der Waals surface area contributed by atoms with Crippen molar-refractivity contribution in [3.63, 3.8) is 0 Å². The fourth-order valence-electron chi connectivity index (χ4n) is 2.86. The van der Waals surface area contributed by atoms with Crippen molar-refractivity contribution in [1.82, 2.24) is 4.90 Å². The first kappa shape index (κ1) is 13.3. The summed E-state index contributed by atoms with van der Waals surface area (Å²) in [5.74, 6) is -1.04. The molecule has 18 heavy (non-hydrogen) atoms. The summed E-state index contributed by atoms with van der Waals surface area (Å²) in [5.41, 5.74) is 0. The fraction of sp³-hybridized carbons (Fsp3) is 0.846. The molecular formula is C13H21NO4. The molecule has 1 amide bonds. The number of nitrogens with zero attached hydrogens (tertiary/aromatic N) is 1. The predicted molar refractivity (Wildman–Crippen MR) is 65.1 cm³/mol. The smallest absolute Gasteiger partial charge is 0.308 e. The van der Waals surface area contributed by atoms with Gasteiger partial charge >= 0.3 is 5.97 Å². The molecule has 0 aromatic heterocycles. The molecule has 102 valence electrons. The lowest BCUT2D eigenvalue weighted by Crippen LogP contribution is -2.46. The summed E-state index contributed by atoms with van der Waals surface area (Å²) in [4.78, 5) is 25.1. The van der Waals surface area contributed by atoms with E-state index in [2.05, 4.69) is 0 Å². The molecule has 0 aromatic carbocycles. The van der Waals surface area contributed by atoms with Gasteiger partial charge < -0.3 is 14.7 Å². The average Bonchev–Trinajstić information content (AvgIpc) is 2.38. The van der Waals surface area contributed by atoms with Gasteiger partial charge in [-0.15, -0.1) is 0 Å². The molecule has 2 unspecified atom stereocenters. The lowest BCUT2D eigenvalue weighted by molar-refractivity contribution is -0.148. The molecule has 2 heterocycles. The van der Waals surface area contributed by atoms with Gasteiger partial charge in [0.1, 0.15) is 0 Å². The molecule has 2 saturated heterocycles. The van der Waals surface area contributed by atoms with Gasteiger partial charge in [-0.1, -0.05) is 0 Å². The van der Waals surface area contributed by atoms with Crippen molar-refractivity contribution < 1.29 is 19.4 Å². The number of carboxylic acid groups (broad SMARTS) is 1. The Labute approximate surface area is 107 Å². The molecule has 0 radical (unpaired) electrons. The van der Waals surface area contributed by atoms with Crippen LogP contribution in [0.3, 0.4) is 0 Å². The van der Waals surface area contributed by atoms with Crippen LogP contribution in [0.1, 0.15) is 32.6 Å². The Balaban J connectivity index is 1.93. The molecule has 2 aliphatic rings. The topological polar surface area (TPSA) is 66.8 Å². The zero-order valence-corrected chi connectivity index (χ0v) is 10.8. The van der Waals surface area contributed by atoms with Crippen LogP contribution in [0.15, 0.2) is 0 Å². The van der Waals surface area contributed by atoms with Gasteiger partial charge in [-0.3, -0.25) is 9.59 Å². The molecule has 0 bridgehead atoms. The SMILES string of the molecule is CC1CC(C(=O)N2CCC[C@H](C(=O)O)C2)CCO1. The number of piperidine rings is 1. The van der Waals surface area contributed by atoms with E-state index < -0.39 is 5.97 Å². The maximum Gasteiger partial charge on any atom is 0.308 e. The highest BCUT2D eigenvalue weighted by Gasteiger charge is 2.33. The minimum atomic E-state index is -0.784. The zero-order valence-electron chi connectivity index (χ0n) is 10.8. The highest BCUT2D eigenvalue weighted by Crippen LogP contribution is 2.25. The van der Waals surface area contributed by atoms with Crippen LogP contribution in [-0.4, -0.2) is 47.7 Å². The average molecular weight is 255 g/mol. The molecule has 1 N–H and O–H groups in total. The van der Waals surface area contributed by atoms with Crippen LogP contribution in [0.4, 0.5) is 0 Å². The van der Waals surface area contributed by atoms with E-state index in [1.165, 1.54) is 0 Å². The Hall–Kier alpha value is -1.10. The Kier molecular flexibility index (Phi) is 4.22. The Morgan fingerprint density at radius 1 is 1.28 bits per heavy atom. The van der Waals surface area contributed by atoms with Gasteiger partial charge in [-0.05, 0) is 32.6 Å². The van der Waals surface area contributed by atoms with Crippen LogP contribution in [0.5, 0.6) is 0 Å². The first-order valence-electron chi connectivity index (χ1n) is 6.71. The van der Waals surface area contributed by atoms with Crippen molar-refractivity contribution in [2.45, 2.75) is 38.7 Å². The number of amides is 1. The van der Waals surface area contributed by atoms with Crippen LogP contribution in [0, 0.1) is 11.8 Å². The van der Waals surface area contributed by atoms with E-state index in [1.807, 2.05) is 6.92 Å². The van der Waals surface area contributed by atoms with E-state index >= 15 is 0 Å². The summed E-state index contributed by atoms with van der Waals surface area (Å²) in [6.45, 7) is 3.69. The summed E-state index contributed by atoms with van der Waals surface area (Å²) in [5, 5.41) is 9.03.